The zero-order chi connectivity index (χ0) is 21.7. The number of carboxylic acids is 2. The Morgan fingerprint density at radius 2 is 0.897 bits per heavy atom. The van der Waals surface area contributed by atoms with E-state index in [1.807, 2.05) is 0 Å². The highest BCUT2D eigenvalue weighted by Crippen LogP contribution is 2.14. The fourth-order valence-electron chi connectivity index (χ4n) is 3.41. The molecule has 0 saturated carbocycles. The average Bonchev–Trinajstić information content (AvgIpc) is 2.66. The van der Waals surface area contributed by atoms with Gasteiger partial charge in [-0.15, -0.1) is 0 Å². The van der Waals surface area contributed by atoms with Gasteiger partial charge in [-0.1, -0.05) is 89.9 Å². The predicted molar refractivity (Wildman–Crippen MR) is 116 cm³/mol. The minimum Gasteiger partial charge on any atom is -0.481 e. The van der Waals surface area contributed by atoms with Gasteiger partial charge in [-0.05, 0) is 19.8 Å². The Hall–Kier alpha value is -1.59. The number of carboxylic acid groups (broad SMARTS) is 2. The van der Waals surface area contributed by atoms with Crippen LogP contribution in [0.15, 0.2) is 0 Å². The van der Waals surface area contributed by atoms with E-state index in [0.717, 1.165) is 32.1 Å². The summed E-state index contributed by atoms with van der Waals surface area (Å²) in [5.74, 6) is -1.85. The van der Waals surface area contributed by atoms with E-state index in [4.69, 9.17) is 10.2 Å². The predicted octanol–water partition coefficient (Wildman–Crippen LogP) is 5.68. The Balaban J connectivity index is 3.18. The van der Waals surface area contributed by atoms with E-state index >= 15 is 0 Å². The second kappa shape index (κ2) is 19.7. The largest absolute Gasteiger partial charge is 0.481 e. The van der Waals surface area contributed by atoms with Gasteiger partial charge in [0.2, 0.25) is 5.91 Å². The Bertz CT molecular complexity index is 439. The molecule has 1 amide bonds. The summed E-state index contributed by atoms with van der Waals surface area (Å²) < 4.78 is 0. The van der Waals surface area contributed by atoms with Gasteiger partial charge in [-0.25, -0.2) is 0 Å². The summed E-state index contributed by atoms with van der Waals surface area (Å²) in [5.41, 5.74) is 0. The second-order valence-electron chi connectivity index (χ2n) is 8.18. The third-order valence-corrected chi connectivity index (χ3v) is 5.29. The number of hydrogen-bond acceptors (Lipinski definition) is 3. The summed E-state index contributed by atoms with van der Waals surface area (Å²) in [4.78, 5) is 32.6. The van der Waals surface area contributed by atoms with Gasteiger partial charge >= 0.3 is 11.9 Å². The third kappa shape index (κ3) is 20.9. The average molecular weight is 414 g/mol. The molecule has 0 aromatic heterocycles. The smallest absolute Gasteiger partial charge is 0.325 e. The number of unbranched alkanes of at least 4 members (excludes halogenated alkanes) is 15. The van der Waals surface area contributed by atoms with E-state index in [9.17, 15) is 14.4 Å². The monoisotopic (exact) mass is 413 g/mol. The third-order valence-electron chi connectivity index (χ3n) is 5.29. The van der Waals surface area contributed by atoms with Crippen molar-refractivity contribution in [3.05, 3.63) is 0 Å². The number of nitrogens with one attached hydrogen (secondary N) is 1. The lowest BCUT2D eigenvalue weighted by atomic mass is 10.0. The molecule has 0 rings (SSSR count). The number of aliphatic carboxylic acids is 2. The van der Waals surface area contributed by atoms with Crippen LogP contribution in [0, 0.1) is 0 Å². The van der Waals surface area contributed by atoms with Crippen molar-refractivity contribution in [3.63, 3.8) is 0 Å². The van der Waals surface area contributed by atoms with Crippen molar-refractivity contribution in [1.29, 1.82) is 0 Å². The van der Waals surface area contributed by atoms with Gasteiger partial charge < -0.3 is 15.5 Å². The molecule has 0 fully saturated rings. The number of hydrogen-bond donors (Lipinski definition) is 3. The number of carbonyl (C=O) groups is 3. The molecule has 0 aliphatic carbocycles. The lowest BCUT2D eigenvalue weighted by molar-refractivity contribution is -0.141. The molecule has 0 aliphatic rings. The highest BCUT2D eigenvalue weighted by Gasteiger charge is 2.13. The Labute approximate surface area is 176 Å². The normalized spacial score (nSPS) is 11.9. The molecule has 0 heterocycles. The van der Waals surface area contributed by atoms with Crippen molar-refractivity contribution in [2.24, 2.45) is 0 Å². The van der Waals surface area contributed by atoms with Gasteiger partial charge in [0, 0.05) is 12.8 Å². The minimum atomic E-state index is -0.997. The van der Waals surface area contributed by atoms with E-state index in [-0.39, 0.29) is 5.91 Å². The first-order valence-corrected chi connectivity index (χ1v) is 11.7. The van der Waals surface area contributed by atoms with Gasteiger partial charge in [-0.3, -0.25) is 14.4 Å². The van der Waals surface area contributed by atoms with Crippen LogP contribution < -0.4 is 5.32 Å². The van der Waals surface area contributed by atoms with Gasteiger partial charge in [0.1, 0.15) is 6.04 Å². The van der Waals surface area contributed by atoms with Crippen LogP contribution in [-0.4, -0.2) is 34.1 Å². The van der Waals surface area contributed by atoms with Crippen molar-refractivity contribution in [2.75, 3.05) is 0 Å². The fourth-order valence-corrected chi connectivity index (χ4v) is 3.41. The maximum absolute atomic E-state index is 11.5. The first-order chi connectivity index (χ1) is 13.9. The van der Waals surface area contributed by atoms with Crippen LogP contribution in [0.5, 0.6) is 0 Å². The van der Waals surface area contributed by atoms with Crippen molar-refractivity contribution in [1.82, 2.24) is 5.32 Å². The van der Waals surface area contributed by atoms with Crippen LogP contribution in [0.4, 0.5) is 0 Å². The summed E-state index contributed by atoms with van der Waals surface area (Å²) in [6.45, 7) is 1.48. The molecule has 0 bridgehead atoms. The van der Waals surface area contributed by atoms with Gasteiger partial charge in [0.05, 0.1) is 0 Å². The Morgan fingerprint density at radius 1 is 0.586 bits per heavy atom. The maximum atomic E-state index is 11.5. The summed E-state index contributed by atoms with van der Waals surface area (Å²) in [6, 6.07) is -0.807. The van der Waals surface area contributed by atoms with Crippen LogP contribution in [0.1, 0.15) is 122 Å². The molecule has 0 aromatic carbocycles. The molecule has 0 aromatic rings. The molecule has 0 aliphatic heterocycles. The zero-order valence-electron chi connectivity index (χ0n) is 18.4. The second-order valence-corrected chi connectivity index (χ2v) is 8.18. The van der Waals surface area contributed by atoms with E-state index < -0.39 is 18.0 Å². The molecule has 29 heavy (non-hydrogen) atoms. The molecule has 6 nitrogen and oxygen atoms in total. The molecule has 3 N–H and O–H groups in total. The lowest BCUT2D eigenvalue weighted by Crippen LogP contribution is -2.38. The maximum Gasteiger partial charge on any atom is 0.325 e. The van der Waals surface area contributed by atoms with Gasteiger partial charge in [-0.2, -0.15) is 0 Å². The van der Waals surface area contributed by atoms with Crippen LogP contribution in [0.2, 0.25) is 0 Å². The first-order valence-electron chi connectivity index (χ1n) is 11.7. The van der Waals surface area contributed by atoms with Crippen LogP contribution in [0.25, 0.3) is 0 Å². The molecular weight excluding hydrogens is 370 g/mol. The van der Waals surface area contributed by atoms with E-state index in [0.29, 0.717) is 12.8 Å². The number of carbonyl (C=O) groups excluding carboxylic acids is 1. The highest BCUT2D eigenvalue weighted by molar-refractivity contribution is 5.83. The van der Waals surface area contributed by atoms with Crippen molar-refractivity contribution < 1.29 is 24.6 Å². The van der Waals surface area contributed by atoms with Crippen LogP contribution in [0.3, 0.4) is 0 Å². The molecule has 170 valence electrons. The highest BCUT2D eigenvalue weighted by atomic mass is 16.4. The molecule has 0 saturated heterocycles. The molecular formula is C23H43NO5. The lowest BCUT2D eigenvalue weighted by Gasteiger charge is -2.08. The molecule has 1 unspecified atom stereocenters. The fraction of sp³-hybridized carbons (Fsp3) is 0.870. The molecule has 6 heteroatoms. The Morgan fingerprint density at radius 3 is 1.21 bits per heavy atom. The van der Waals surface area contributed by atoms with Crippen molar-refractivity contribution >= 4 is 17.8 Å². The van der Waals surface area contributed by atoms with E-state index in [1.54, 1.807) is 0 Å². The summed E-state index contributed by atoms with van der Waals surface area (Å²) in [6.07, 6.45) is 19.6. The van der Waals surface area contributed by atoms with E-state index in [1.165, 1.54) is 77.6 Å². The van der Waals surface area contributed by atoms with Gasteiger partial charge in [0.25, 0.3) is 0 Å². The van der Waals surface area contributed by atoms with Gasteiger partial charge in [0.15, 0.2) is 0 Å². The molecule has 0 spiro atoms. The van der Waals surface area contributed by atoms with Crippen molar-refractivity contribution in [2.45, 2.75) is 129 Å². The molecule has 0 radical (unpaired) electrons. The number of rotatable bonds is 21. The first kappa shape index (κ1) is 27.4. The molecule has 1 atom stereocenters. The quantitative estimate of drug-likeness (QED) is 0.210. The van der Waals surface area contributed by atoms with Crippen LogP contribution >= 0.6 is 0 Å². The summed E-state index contributed by atoms with van der Waals surface area (Å²) in [5, 5.41) is 19.8. The SMILES string of the molecule is CC(NC(=O)CCCCCCCCCCCCCCCCCCC(=O)O)C(=O)O. The Kier molecular flexibility index (Phi) is 18.6. The summed E-state index contributed by atoms with van der Waals surface area (Å²) in [7, 11) is 0. The minimum absolute atomic E-state index is 0.168. The van der Waals surface area contributed by atoms with Crippen LogP contribution in [-0.2, 0) is 14.4 Å². The van der Waals surface area contributed by atoms with E-state index in [2.05, 4.69) is 5.32 Å². The summed E-state index contributed by atoms with van der Waals surface area (Å²) >= 11 is 0. The topological polar surface area (TPSA) is 104 Å². The van der Waals surface area contributed by atoms with Crippen molar-refractivity contribution in [3.8, 4) is 0 Å². The zero-order valence-corrected chi connectivity index (χ0v) is 18.4. The standard InChI is InChI=1S/C23H43NO5/c1-20(23(28)29)24-21(25)18-16-14-12-10-8-6-4-2-3-5-7-9-11-13-15-17-19-22(26)27/h20H,2-19H2,1H3,(H,24,25)(H,26,27)(H,28,29). The number of amides is 1.